The lowest BCUT2D eigenvalue weighted by molar-refractivity contribution is 0.275. The standard InChI is InChI=1S/C30H29Br2F2N3OS2/c1-2-3-4-5-6-7-8-9-16-38-30-22(33)17-19(18-23(30)34)37-35-28-20(24-12-14-26(31)39-24)10-11-21(29(28)36-37)25-13-15-27(32)40-25/h10-15,17-18H,2-9,16H2,1H3. The largest absolute Gasteiger partial charge is 0.488 e. The Balaban J connectivity index is 1.38. The van der Waals surface area contributed by atoms with Gasteiger partial charge >= 0.3 is 0 Å². The Kier molecular flexibility index (Phi) is 10.0. The Labute approximate surface area is 257 Å². The molecule has 0 spiro atoms. The summed E-state index contributed by atoms with van der Waals surface area (Å²) in [6, 6.07) is 14.5. The average Bonchev–Trinajstić information content (AvgIpc) is 3.68. The molecule has 0 N–H and O–H groups in total. The van der Waals surface area contributed by atoms with E-state index in [0.717, 1.165) is 47.7 Å². The molecule has 0 fully saturated rings. The monoisotopic (exact) mass is 707 g/mol. The van der Waals surface area contributed by atoms with Crippen LogP contribution in [-0.2, 0) is 0 Å². The van der Waals surface area contributed by atoms with Crippen molar-refractivity contribution in [2.24, 2.45) is 0 Å². The molecule has 0 saturated heterocycles. The second-order valence-corrected chi connectivity index (χ2v) is 14.5. The fourth-order valence-electron chi connectivity index (χ4n) is 4.64. The number of ether oxygens (including phenoxy) is 1. The minimum Gasteiger partial charge on any atom is -0.488 e. The van der Waals surface area contributed by atoms with Crippen LogP contribution in [0.5, 0.6) is 5.75 Å². The SMILES string of the molecule is CCCCCCCCCCOc1c(F)cc(-n2nc3c(-c4ccc(Br)s4)ccc(-c4ccc(Br)s4)c3n2)cc1F. The molecule has 0 radical (unpaired) electrons. The Morgan fingerprint density at radius 2 is 1.23 bits per heavy atom. The van der Waals surface area contributed by atoms with Crippen LogP contribution >= 0.6 is 54.5 Å². The molecule has 0 amide bonds. The Hall–Kier alpha value is -2.14. The van der Waals surface area contributed by atoms with Crippen molar-refractivity contribution in [3.8, 4) is 32.3 Å². The molecule has 0 aliphatic carbocycles. The molecule has 0 bridgehead atoms. The van der Waals surface area contributed by atoms with Crippen LogP contribution in [-0.4, -0.2) is 21.6 Å². The first-order chi connectivity index (χ1) is 19.4. The lowest BCUT2D eigenvalue weighted by Crippen LogP contribution is -2.05. The number of nitrogens with zero attached hydrogens (tertiary/aromatic N) is 3. The topological polar surface area (TPSA) is 39.9 Å². The van der Waals surface area contributed by atoms with Gasteiger partial charge in [0.25, 0.3) is 0 Å². The molecule has 0 aliphatic heterocycles. The van der Waals surface area contributed by atoms with Crippen molar-refractivity contribution in [2.45, 2.75) is 58.3 Å². The molecule has 0 aliphatic rings. The summed E-state index contributed by atoms with van der Waals surface area (Å²) in [5.74, 6) is -1.88. The smallest absolute Gasteiger partial charge is 0.190 e. The van der Waals surface area contributed by atoms with Gasteiger partial charge < -0.3 is 4.74 Å². The fourth-order valence-corrected chi connectivity index (χ4v) is 7.46. The average molecular weight is 710 g/mol. The van der Waals surface area contributed by atoms with Crippen LogP contribution in [0.2, 0.25) is 0 Å². The van der Waals surface area contributed by atoms with Gasteiger partial charge in [0.15, 0.2) is 17.4 Å². The highest BCUT2D eigenvalue weighted by Gasteiger charge is 2.20. The predicted molar refractivity (Wildman–Crippen MR) is 169 cm³/mol. The van der Waals surface area contributed by atoms with Crippen LogP contribution in [0.15, 0.2) is 56.1 Å². The highest BCUT2D eigenvalue weighted by atomic mass is 79.9. The third kappa shape index (κ3) is 6.83. The summed E-state index contributed by atoms with van der Waals surface area (Å²) >= 11 is 10.2. The second-order valence-electron chi connectivity index (χ2n) is 9.62. The Morgan fingerprint density at radius 1 is 0.725 bits per heavy atom. The first kappa shape index (κ1) is 29.4. The molecule has 10 heteroatoms. The highest BCUT2D eigenvalue weighted by molar-refractivity contribution is 9.11. The number of unbranched alkanes of at least 4 members (excludes halogenated alkanes) is 7. The number of hydrogen-bond donors (Lipinski definition) is 0. The number of rotatable bonds is 13. The van der Waals surface area contributed by atoms with E-state index in [1.807, 2.05) is 36.4 Å². The van der Waals surface area contributed by atoms with Gasteiger partial charge in [-0.3, -0.25) is 0 Å². The van der Waals surface area contributed by atoms with E-state index in [0.29, 0.717) is 11.0 Å². The van der Waals surface area contributed by atoms with Gasteiger partial charge in [-0.2, -0.15) is 4.80 Å². The number of fused-ring (bicyclic) bond motifs is 1. The number of halogens is 4. The molecule has 4 nitrogen and oxygen atoms in total. The van der Waals surface area contributed by atoms with Gasteiger partial charge in [0, 0.05) is 33.0 Å². The summed E-state index contributed by atoms with van der Waals surface area (Å²) in [6.45, 7) is 2.49. The van der Waals surface area contributed by atoms with E-state index < -0.39 is 11.6 Å². The van der Waals surface area contributed by atoms with Crippen molar-refractivity contribution in [3.05, 3.63) is 67.7 Å². The number of hydrogen-bond acceptors (Lipinski definition) is 5. The molecule has 40 heavy (non-hydrogen) atoms. The van der Waals surface area contributed by atoms with Crippen molar-refractivity contribution in [2.75, 3.05) is 6.61 Å². The third-order valence-corrected chi connectivity index (χ3v) is 9.99. The maximum absolute atomic E-state index is 15.1. The van der Waals surface area contributed by atoms with Crippen LogP contribution in [0.1, 0.15) is 58.3 Å². The normalized spacial score (nSPS) is 11.5. The molecule has 0 saturated carbocycles. The molecule has 2 aromatic carbocycles. The molecule has 0 unspecified atom stereocenters. The molecule has 5 rings (SSSR count). The summed E-state index contributed by atoms with van der Waals surface area (Å²) in [7, 11) is 0. The van der Waals surface area contributed by atoms with Gasteiger partial charge in [0.2, 0.25) is 0 Å². The highest BCUT2D eigenvalue weighted by Crippen LogP contribution is 2.40. The van der Waals surface area contributed by atoms with Gasteiger partial charge in [0.05, 0.1) is 19.9 Å². The zero-order chi connectivity index (χ0) is 28.1. The summed E-state index contributed by atoms with van der Waals surface area (Å²) in [5, 5.41) is 9.42. The van der Waals surface area contributed by atoms with E-state index in [1.54, 1.807) is 22.7 Å². The van der Waals surface area contributed by atoms with E-state index in [2.05, 4.69) is 38.8 Å². The Morgan fingerprint density at radius 3 is 1.70 bits per heavy atom. The summed E-state index contributed by atoms with van der Waals surface area (Å²) in [6.07, 6.45) is 9.10. The van der Waals surface area contributed by atoms with Crippen molar-refractivity contribution >= 4 is 65.6 Å². The molecular weight excluding hydrogens is 680 g/mol. The molecular formula is C30H29Br2F2N3OS2. The van der Waals surface area contributed by atoms with Gasteiger partial charge in [-0.1, -0.05) is 64.0 Å². The predicted octanol–water partition coefficient (Wildman–Crippen LogP) is 11.2. The van der Waals surface area contributed by atoms with Gasteiger partial charge in [-0.15, -0.1) is 32.9 Å². The van der Waals surface area contributed by atoms with Crippen LogP contribution in [0.25, 0.3) is 37.6 Å². The van der Waals surface area contributed by atoms with Crippen LogP contribution < -0.4 is 4.74 Å². The van der Waals surface area contributed by atoms with E-state index in [1.165, 1.54) is 49.0 Å². The molecule has 5 aromatic rings. The number of benzene rings is 2. The van der Waals surface area contributed by atoms with Crippen LogP contribution in [0.3, 0.4) is 0 Å². The lowest BCUT2D eigenvalue weighted by atomic mass is 10.1. The lowest BCUT2D eigenvalue weighted by Gasteiger charge is -2.10. The maximum atomic E-state index is 15.1. The first-order valence-corrected chi connectivity index (χ1v) is 16.7. The minimum absolute atomic E-state index is 0.197. The molecule has 0 atom stereocenters. The maximum Gasteiger partial charge on any atom is 0.190 e. The fraction of sp³-hybridized carbons (Fsp3) is 0.333. The molecule has 3 aromatic heterocycles. The quantitative estimate of drug-likeness (QED) is 0.114. The molecule has 210 valence electrons. The first-order valence-electron chi connectivity index (χ1n) is 13.5. The molecule has 3 heterocycles. The van der Waals surface area contributed by atoms with Gasteiger partial charge in [-0.05, 0) is 62.5 Å². The van der Waals surface area contributed by atoms with Crippen molar-refractivity contribution < 1.29 is 13.5 Å². The summed E-state index contributed by atoms with van der Waals surface area (Å²) in [5.41, 5.74) is 3.33. The van der Waals surface area contributed by atoms with E-state index in [9.17, 15) is 0 Å². The zero-order valence-corrected chi connectivity index (χ0v) is 26.9. The van der Waals surface area contributed by atoms with E-state index >= 15 is 8.78 Å². The van der Waals surface area contributed by atoms with E-state index in [4.69, 9.17) is 14.9 Å². The number of thiophene rings is 2. The van der Waals surface area contributed by atoms with Gasteiger partial charge in [-0.25, -0.2) is 8.78 Å². The van der Waals surface area contributed by atoms with Crippen LogP contribution in [0.4, 0.5) is 8.78 Å². The summed E-state index contributed by atoms with van der Waals surface area (Å²) in [4.78, 5) is 3.34. The zero-order valence-electron chi connectivity index (χ0n) is 22.1. The van der Waals surface area contributed by atoms with Crippen molar-refractivity contribution in [3.63, 3.8) is 0 Å². The third-order valence-electron chi connectivity index (χ3n) is 6.68. The van der Waals surface area contributed by atoms with Crippen LogP contribution in [0, 0.1) is 11.6 Å². The summed E-state index contributed by atoms with van der Waals surface area (Å²) < 4.78 is 37.6. The van der Waals surface area contributed by atoms with Gasteiger partial charge in [0.1, 0.15) is 11.0 Å². The van der Waals surface area contributed by atoms with E-state index in [-0.39, 0.29) is 18.0 Å². The van der Waals surface area contributed by atoms with Crippen molar-refractivity contribution in [1.82, 2.24) is 15.0 Å². The number of aromatic nitrogens is 3. The Bertz CT molecular complexity index is 1500. The minimum atomic E-state index is -0.763. The second kappa shape index (κ2) is 13.7. The van der Waals surface area contributed by atoms with Crippen molar-refractivity contribution in [1.29, 1.82) is 0 Å².